The summed E-state index contributed by atoms with van der Waals surface area (Å²) in [7, 11) is 0. The van der Waals surface area contributed by atoms with Crippen molar-refractivity contribution in [1.82, 2.24) is 9.13 Å². The van der Waals surface area contributed by atoms with Crippen molar-refractivity contribution in [1.29, 1.82) is 0 Å². The van der Waals surface area contributed by atoms with Gasteiger partial charge in [-0.2, -0.15) is 0 Å². The van der Waals surface area contributed by atoms with E-state index in [0.717, 1.165) is 5.69 Å². The predicted octanol–water partition coefficient (Wildman–Crippen LogP) is 11.9. The van der Waals surface area contributed by atoms with E-state index in [2.05, 4.69) is 179 Å². The van der Waals surface area contributed by atoms with Crippen molar-refractivity contribution in [3.63, 3.8) is 0 Å². The van der Waals surface area contributed by atoms with Crippen LogP contribution in [0.4, 0.5) is 0 Å². The Morgan fingerprint density at radius 3 is 1.50 bits per heavy atom. The SMILES string of the molecule is c1cc(-c2ccc3c(ccc4ccccc43)c2)cc(-n2c3ccccc3c3cc(-n4c5ccccc5c5ccccc54)ccc32)c1. The zero-order valence-electron chi connectivity index (χ0n) is 25.1. The summed E-state index contributed by atoms with van der Waals surface area (Å²) in [5.74, 6) is 0. The van der Waals surface area contributed by atoms with Gasteiger partial charge in [-0.05, 0) is 87.3 Å². The van der Waals surface area contributed by atoms with Gasteiger partial charge in [0.15, 0.2) is 0 Å². The van der Waals surface area contributed by atoms with Gasteiger partial charge in [-0.1, -0.05) is 115 Å². The molecule has 0 aliphatic rings. The summed E-state index contributed by atoms with van der Waals surface area (Å²) in [6.45, 7) is 0. The molecule has 2 heterocycles. The van der Waals surface area contributed by atoms with Crippen molar-refractivity contribution in [2.24, 2.45) is 0 Å². The van der Waals surface area contributed by atoms with Crippen LogP contribution in [0.25, 0.3) is 87.7 Å². The Morgan fingerprint density at radius 1 is 0.261 bits per heavy atom. The molecule has 2 heteroatoms. The lowest BCUT2D eigenvalue weighted by Crippen LogP contribution is -1.96. The number of fused-ring (bicyclic) bond motifs is 9. The van der Waals surface area contributed by atoms with Crippen molar-refractivity contribution in [2.45, 2.75) is 0 Å². The highest BCUT2D eigenvalue weighted by atomic mass is 15.0. The molecular weight excluding hydrogens is 556 g/mol. The molecule has 0 N–H and O–H groups in total. The van der Waals surface area contributed by atoms with Gasteiger partial charge < -0.3 is 9.13 Å². The third kappa shape index (κ3) is 3.65. The first kappa shape index (κ1) is 25.2. The average molecular weight is 585 g/mol. The van der Waals surface area contributed by atoms with Gasteiger partial charge in [0, 0.05) is 32.9 Å². The number of nitrogens with zero attached hydrogens (tertiary/aromatic N) is 2. The molecule has 0 bridgehead atoms. The lowest BCUT2D eigenvalue weighted by Gasteiger charge is -2.12. The number of hydrogen-bond donors (Lipinski definition) is 0. The second-order valence-corrected chi connectivity index (χ2v) is 12.2. The quantitative estimate of drug-likeness (QED) is 0.183. The van der Waals surface area contributed by atoms with Crippen LogP contribution in [-0.2, 0) is 0 Å². The summed E-state index contributed by atoms with van der Waals surface area (Å²) in [5.41, 5.74) is 9.62. The highest BCUT2D eigenvalue weighted by molar-refractivity contribution is 6.12. The molecule has 0 aliphatic heterocycles. The van der Waals surface area contributed by atoms with Crippen molar-refractivity contribution in [3.05, 3.63) is 170 Å². The van der Waals surface area contributed by atoms with E-state index in [0.29, 0.717) is 0 Å². The number of rotatable bonds is 3. The van der Waals surface area contributed by atoms with Gasteiger partial charge >= 0.3 is 0 Å². The Hall–Kier alpha value is -6.12. The summed E-state index contributed by atoms with van der Waals surface area (Å²) in [6, 6.07) is 62.1. The minimum Gasteiger partial charge on any atom is -0.309 e. The van der Waals surface area contributed by atoms with E-state index in [4.69, 9.17) is 0 Å². The summed E-state index contributed by atoms with van der Waals surface area (Å²) in [4.78, 5) is 0. The van der Waals surface area contributed by atoms with E-state index in [-0.39, 0.29) is 0 Å². The van der Waals surface area contributed by atoms with Crippen molar-refractivity contribution in [3.8, 4) is 22.5 Å². The molecule has 0 saturated carbocycles. The van der Waals surface area contributed by atoms with E-state index in [1.54, 1.807) is 0 Å². The molecule has 0 atom stereocenters. The van der Waals surface area contributed by atoms with Crippen LogP contribution >= 0.6 is 0 Å². The molecule has 8 aromatic carbocycles. The summed E-state index contributed by atoms with van der Waals surface area (Å²) < 4.78 is 4.82. The van der Waals surface area contributed by atoms with Gasteiger partial charge in [-0.3, -0.25) is 0 Å². The number of benzene rings is 8. The van der Waals surface area contributed by atoms with Crippen molar-refractivity contribution >= 4 is 65.2 Å². The molecule has 0 saturated heterocycles. The number of para-hydroxylation sites is 3. The Kier molecular flexibility index (Phi) is 5.31. The van der Waals surface area contributed by atoms with Crippen LogP contribution in [0.3, 0.4) is 0 Å². The molecule has 10 rings (SSSR count). The molecule has 0 aliphatic carbocycles. The summed E-state index contributed by atoms with van der Waals surface area (Å²) >= 11 is 0. The van der Waals surface area contributed by atoms with Gasteiger partial charge in [0.1, 0.15) is 0 Å². The van der Waals surface area contributed by atoms with Crippen molar-refractivity contribution in [2.75, 3.05) is 0 Å². The van der Waals surface area contributed by atoms with Crippen LogP contribution in [0.5, 0.6) is 0 Å². The first-order chi connectivity index (χ1) is 22.8. The van der Waals surface area contributed by atoms with Gasteiger partial charge in [0.25, 0.3) is 0 Å². The Balaban J connectivity index is 1.16. The first-order valence-corrected chi connectivity index (χ1v) is 15.9. The number of aromatic nitrogens is 2. The molecule has 2 aromatic heterocycles. The highest BCUT2D eigenvalue weighted by Gasteiger charge is 2.16. The molecule has 10 aromatic rings. The molecule has 2 nitrogen and oxygen atoms in total. The van der Waals surface area contributed by atoms with Crippen LogP contribution < -0.4 is 0 Å². The fourth-order valence-electron chi connectivity index (χ4n) is 7.60. The molecule has 46 heavy (non-hydrogen) atoms. The lowest BCUT2D eigenvalue weighted by atomic mass is 9.97. The first-order valence-electron chi connectivity index (χ1n) is 15.9. The molecule has 0 unspecified atom stereocenters. The van der Waals surface area contributed by atoms with Gasteiger partial charge in [0.05, 0.1) is 22.1 Å². The fraction of sp³-hybridized carbons (Fsp3) is 0. The predicted molar refractivity (Wildman–Crippen MR) is 196 cm³/mol. The second-order valence-electron chi connectivity index (χ2n) is 12.2. The van der Waals surface area contributed by atoms with Crippen LogP contribution in [-0.4, -0.2) is 9.13 Å². The monoisotopic (exact) mass is 584 g/mol. The minimum atomic E-state index is 1.16. The fourth-order valence-corrected chi connectivity index (χ4v) is 7.60. The third-order valence-electron chi connectivity index (χ3n) is 9.68. The smallest absolute Gasteiger partial charge is 0.0542 e. The maximum atomic E-state index is 2.42. The Labute approximate surface area is 266 Å². The summed E-state index contributed by atoms with van der Waals surface area (Å²) in [5, 5.41) is 10.2. The summed E-state index contributed by atoms with van der Waals surface area (Å²) in [6.07, 6.45) is 0. The molecule has 0 amide bonds. The van der Waals surface area contributed by atoms with Crippen molar-refractivity contribution < 1.29 is 0 Å². The van der Waals surface area contributed by atoms with E-state index in [1.807, 2.05) is 0 Å². The third-order valence-corrected chi connectivity index (χ3v) is 9.68. The van der Waals surface area contributed by atoms with E-state index in [1.165, 1.54) is 82.0 Å². The van der Waals surface area contributed by atoms with Crippen LogP contribution in [0.1, 0.15) is 0 Å². The lowest BCUT2D eigenvalue weighted by molar-refractivity contribution is 1.17. The molecule has 0 fully saturated rings. The normalized spacial score (nSPS) is 11.9. The van der Waals surface area contributed by atoms with Crippen LogP contribution in [0, 0.1) is 0 Å². The molecule has 0 spiro atoms. The van der Waals surface area contributed by atoms with Gasteiger partial charge in [-0.25, -0.2) is 0 Å². The van der Waals surface area contributed by atoms with E-state index >= 15 is 0 Å². The largest absolute Gasteiger partial charge is 0.309 e. The Morgan fingerprint density at radius 2 is 0.783 bits per heavy atom. The highest BCUT2D eigenvalue weighted by Crippen LogP contribution is 2.38. The minimum absolute atomic E-state index is 1.16. The molecule has 214 valence electrons. The topological polar surface area (TPSA) is 9.86 Å². The van der Waals surface area contributed by atoms with Crippen LogP contribution in [0.15, 0.2) is 170 Å². The standard InChI is InChI=1S/C44H28N2/c1-2-13-35-29(10-1)20-21-32-26-31(22-24-36(32)35)30-11-9-12-33(27-30)45-43-19-8-5-16-39(43)40-28-34(23-25-44(40)45)46-41-17-6-3-14-37(41)38-15-4-7-18-42(38)46/h1-28H. The van der Waals surface area contributed by atoms with E-state index < -0.39 is 0 Å². The maximum Gasteiger partial charge on any atom is 0.0542 e. The van der Waals surface area contributed by atoms with Crippen LogP contribution in [0.2, 0.25) is 0 Å². The Bertz CT molecular complexity index is 2760. The zero-order chi connectivity index (χ0) is 30.2. The zero-order valence-corrected chi connectivity index (χ0v) is 25.1. The number of hydrogen-bond acceptors (Lipinski definition) is 0. The average Bonchev–Trinajstić information content (AvgIpc) is 3.64. The van der Waals surface area contributed by atoms with E-state index in [9.17, 15) is 0 Å². The maximum absolute atomic E-state index is 2.42. The second kappa shape index (κ2) is 9.69. The molecule has 0 radical (unpaired) electrons. The molecular formula is C44H28N2. The van der Waals surface area contributed by atoms with Gasteiger partial charge in [0.2, 0.25) is 0 Å². The van der Waals surface area contributed by atoms with Gasteiger partial charge in [-0.15, -0.1) is 0 Å².